The number of nitrogens with zero attached hydrogens (tertiary/aromatic N) is 3. The number of morpholine rings is 1. The number of ether oxygens (including phenoxy) is 1. The fourth-order valence-electron chi connectivity index (χ4n) is 4.37. The summed E-state index contributed by atoms with van der Waals surface area (Å²) in [5, 5.41) is 2.99. The van der Waals surface area contributed by atoms with Crippen LogP contribution < -0.4 is 10.2 Å². The molecule has 0 bridgehead atoms. The summed E-state index contributed by atoms with van der Waals surface area (Å²) in [5.74, 6) is -0.313. The summed E-state index contributed by atoms with van der Waals surface area (Å²) in [6.45, 7) is 4.69. The Balaban J connectivity index is 1.34. The first-order valence-corrected chi connectivity index (χ1v) is 11.3. The maximum absolute atomic E-state index is 13.4. The number of halogens is 4. The van der Waals surface area contributed by atoms with Crippen molar-refractivity contribution < 1.29 is 27.1 Å². The molecule has 184 valence electrons. The molecule has 4 rings (SSSR count). The van der Waals surface area contributed by atoms with E-state index in [-0.39, 0.29) is 17.9 Å². The normalized spacial score (nSPS) is 18.6. The molecule has 0 aliphatic carbocycles. The summed E-state index contributed by atoms with van der Waals surface area (Å²) in [6, 6.07) is 11.2. The van der Waals surface area contributed by atoms with Gasteiger partial charge in [-0.05, 0) is 35.9 Å². The zero-order valence-electron chi connectivity index (χ0n) is 18.7. The molecule has 0 spiro atoms. The minimum atomic E-state index is -4.39. The van der Waals surface area contributed by atoms with Crippen molar-refractivity contribution >= 4 is 11.7 Å². The molecule has 2 aliphatic rings. The summed E-state index contributed by atoms with van der Waals surface area (Å²) in [5.41, 5.74) is 0.733. The predicted molar refractivity (Wildman–Crippen MR) is 120 cm³/mol. The van der Waals surface area contributed by atoms with E-state index >= 15 is 0 Å². The Morgan fingerprint density at radius 3 is 2.29 bits per heavy atom. The van der Waals surface area contributed by atoms with Gasteiger partial charge in [0.2, 0.25) is 0 Å². The number of piperazine rings is 1. The highest BCUT2D eigenvalue weighted by molar-refractivity contribution is 5.74. The number of urea groups is 1. The SMILES string of the molecule is O=C(NC[C@H](c1ccc(F)cc1)N1CCOCC1)N1CCN(c2cccc(C(F)(F)F)c2)CC1. The van der Waals surface area contributed by atoms with E-state index in [1.165, 1.54) is 18.2 Å². The Bertz CT molecular complexity index is 956. The second kappa shape index (κ2) is 10.6. The topological polar surface area (TPSA) is 48.1 Å². The molecule has 0 radical (unpaired) electrons. The molecule has 1 N–H and O–H groups in total. The number of benzene rings is 2. The molecule has 2 amide bonds. The maximum atomic E-state index is 13.4. The Hall–Kier alpha value is -2.85. The summed E-state index contributed by atoms with van der Waals surface area (Å²) in [7, 11) is 0. The molecule has 0 aromatic heterocycles. The Kier molecular flexibility index (Phi) is 7.57. The van der Waals surface area contributed by atoms with Crippen LogP contribution in [0.25, 0.3) is 0 Å². The molecule has 6 nitrogen and oxygen atoms in total. The molecule has 34 heavy (non-hydrogen) atoms. The Morgan fingerprint density at radius 1 is 0.971 bits per heavy atom. The number of hydrogen-bond acceptors (Lipinski definition) is 4. The minimum Gasteiger partial charge on any atom is -0.379 e. The van der Waals surface area contributed by atoms with Gasteiger partial charge in [-0.25, -0.2) is 9.18 Å². The molecule has 1 atom stereocenters. The zero-order chi connectivity index (χ0) is 24.1. The second-order valence-corrected chi connectivity index (χ2v) is 8.42. The van der Waals surface area contributed by atoms with Crippen molar-refractivity contribution in [3.8, 4) is 0 Å². The van der Waals surface area contributed by atoms with Crippen molar-refractivity contribution in [3.05, 3.63) is 65.5 Å². The Morgan fingerprint density at radius 2 is 1.65 bits per heavy atom. The van der Waals surface area contributed by atoms with E-state index in [2.05, 4.69) is 10.2 Å². The molecule has 2 aliphatic heterocycles. The number of hydrogen-bond donors (Lipinski definition) is 1. The van der Waals surface area contributed by atoms with Gasteiger partial charge < -0.3 is 19.9 Å². The highest BCUT2D eigenvalue weighted by Crippen LogP contribution is 2.32. The number of rotatable bonds is 5. The van der Waals surface area contributed by atoms with Crippen molar-refractivity contribution in [1.82, 2.24) is 15.1 Å². The molecule has 10 heteroatoms. The lowest BCUT2D eigenvalue weighted by Crippen LogP contribution is -2.53. The molecule has 2 heterocycles. The molecular formula is C24H28F4N4O2. The lowest BCUT2D eigenvalue weighted by atomic mass is 10.0. The summed E-state index contributed by atoms with van der Waals surface area (Å²) in [4.78, 5) is 18.6. The zero-order valence-corrected chi connectivity index (χ0v) is 18.7. The van der Waals surface area contributed by atoms with Crippen LogP contribution in [0.5, 0.6) is 0 Å². The van der Waals surface area contributed by atoms with Gasteiger partial charge in [-0.3, -0.25) is 4.90 Å². The van der Waals surface area contributed by atoms with Crippen LogP contribution in [0.2, 0.25) is 0 Å². The average molecular weight is 481 g/mol. The third-order valence-electron chi connectivity index (χ3n) is 6.29. The van der Waals surface area contributed by atoms with Crippen molar-refractivity contribution in [2.24, 2.45) is 0 Å². The van der Waals surface area contributed by atoms with Crippen molar-refractivity contribution in [1.29, 1.82) is 0 Å². The van der Waals surface area contributed by atoms with Crippen LogP contribution >= 0.6 is 0 Å². The first-order valence-electron chi connectivity index (χ1n) is 11.3. The standard InChI is InChI=1S/C24H28F4N4O2/c25-20-6-4-18(5-7-20)22(31-12-14-34-15-13-31)17-29-23(33)32-10-8-30(9-11-32)21-3-1-2-19(16-21)24(26,27)28/h1-7,16,22H,8-15,17H2,(H,29,33)/t22-/m1/s1. The van der Waals surface area contributed by atoms with Gasteiger partial charge in [0.25, 0.3) is 0 Å². The van der Waals surface area contributed by atoms with E-state index in [4.69, 9.17) is 4.74 Å². The minimum absolute atomic E-state index is 0.111. The molecule has 2 fully saturated rings. The van der Waals surface area contributed by atoms with Crippen LogP contribution in [-0.2, 0) is 10.9 Å². The third-order valence-corrected chi connectivity index (χ3v) is 6.29. The number of nitrogens with one attached hydrogen (secondary N) is 1. The number of carbonyl (C=O) groups is 1. The number of amides is 2. The second-order valence-electron chi connectivity index (χ2n) is 8.42. The molecular weight excluding hydrogens is 452 g/mol. The first kappa shape index (κ1) is 24.3. The Labute approximate surface area is 196 Å². The van der Waals surface area contributed by atoms with Crippen LogP contribution in [0.1, 0.15) is 17.2 Å². The van der Waals surface area contributed by atoms with E-state index < -0.39 is 11.7 Å². The maximum Gasteiger partial charge on any atom is 0.416 e. The van der Waals surface area contributed by atoms with Crippen LogP contribution in [-0.4, -0.2) is 74.9 Å². The summed E-state index contributed by atoms with van der Waals surface area (Å²) < 4.78 is 57.9. The quantitative estimate of drug-likeness (QED) is 0.663. The van der Waals surface area contributed by atoms with Gasteiger partial charge in [0.05, 0.1) is 24.8 Å². The molecule has 2 aromatic carbocycles. The van der Waals surface area contributed by atoms with Gasteiger partial charge in [-0.1, -0.05) is 18.2 Å². The highest BCUT2D eigenvalue weighted by Gasteiger charge is 2.31. The van der Waals surface area contributed by atoms with Crippen LogP contribution in [0.3, 0.4) is 0 Å². The predicted octanol–water partition coefficient (Wildman–Crippen LogP) is 3.75. The van der Waals surface area contributed by atoms with E-state index in [0.717, 1.165) is 17.7 Å². The fourth-order valence-corrected chi connectivity index (χ4v) is 4.37. The van der Waals surface area contributed by atoms with Gasteiger partial charge >= 0.3 is 12.2 Å². The van der Waals surface area contributed by atoms with Gasteiger partial charge in [0, 0.05) is 51.5 Å². The van der Waals surface area contributed by atoms with E-state index in [9.17, 15) is 22.4 Å². The summed E-state index contributed by atoms with van der Waals surface area (Å²) >= 11 is 0. The van der Waals surface area contributed by atoms with Gasteiger partial charge in [-0.15, -0.1) is 0 Å². The smallest absolute Gasteiger partial charge is 0.379 e. The van der Waals surface area contributed by atoms with Crippen LogP contribution in [0.4, 0.5) is 28.0 Å². The van der Waals surface area contributed by atoms with E-state index in [1.807, 2.05) is 4.90 Å². The molecule has 2 aromatic rings. The van der Waals surface area contributed by atoms with Crippen LogP contribution in [0.15, 0.2) is 48.5 Å². The molecule has 2 saturated heterocycles. The molecule has 0 unspecified atom stereocenters. The van der Waals surface area contributed by atoms with E-state index in [1.54, 1.807) is 23.1 Å². The number of alkyl halides is 3. The highest BCUT2D eigenvalue weighted by atomic mass is 19.4. The number of anilines is 1. The third kappa shape index (κ3) is 5.98. The fraction of sp³-hybridized carbons (Fsp3) is 0.458. The van der Waals surface area contributed by atoms with Gasteiger partial charge in [-0.2, -0.15) is 13.2 Å². The van der Waals surface area contributed by atoms with Crippen molar-refractivity contribution in [2.75, 3.05) is 63.9 Å². The average Bonchev–Trinajstić information content (AvgIpc) is 2.85. The van der Waals surface area contributed by atoms with Gasteiger partial charge in [0.1, 0.15) is 5.82 Å². The van der Waals surface area contributed by atoms with Crippen molar-refractivity contribution in [2.45, 2.75) is 12.2 Å². The molecule has 0 saturated carbocycles. The van der Waals surface area contributed by atoms with Crippen LogP contribution in [0, 0.1) is 5.82 Å². The van der Waals surface area contributed by atoms with Crippen molar-refractivity contribution in [3.63, 3.8) is 0 Å². The monoisotopic (exact) mass is 480 g/mol. The number of carbonyl (C=O) groups excluding carboxylic acids is 1. The lowest BCUT2D eigenvalue weighted by molar-refractivity contribution is -0.137. The largest absolute Gasteiger partial charge is 0.416 e. The van der Waals surface area contributed by atoms with E-state index in [0.29, 0.717) is 64.7 Å². The van der Waals surface area contributed by atoms with Gasteiger partial charge in [0.15, 0.2) is 0 Å². The lowest BCUT2D eigenvalue weighted by Gasteiger charge is -2.38. The summed E-state index contributed by atoms with van der Waals surface area (Å²) in [6.07, 6.45) is -4.39. The first-order chi connectivity index (χ1) is 16.3.